The number of benzene rings is 2. The van der Waals surface area contributed by atoms with Crippen LogP contribution in [-0.4, -0.2) is 26.3 Å². The van der Waals surface area contributed by atoms with Gasteiger partial charge in [0, 0.05) is 21.2 Å². The summed E-state index contributed by atoms with van der Waals surface area (Å²) < 4.78 is 25.9. The molecule has 0 bridgehead atoms. The van der Waals surface area contributed by atoms with E-state index in [0.717, 1.165) is 21.9 Å². The van der Waals surface area contributed by atoms with Crippen LogP contribution in [0.4, 0.5) is 5.69 Å². The van der Waals surface area contributed by atoms with Gasteiger partial charge in [-0.3, -0.25) is 9.52 Å². The molecular formula is C18H17N3O3S2. The molecule has 1 amide bonds. The van der Waals surface area contributed by atoms with Gasteiger partial charge in [-0.2, -0.15) is 5.10 Å². The van der Waals surface area contributed by atoms with Crippen molar-refractivity contribution in [2.24, 2.45) is 5.10 Å². The van der Waals surface area contributed by atoms with E-state index in [2.05, 4.69) is 15.2 Å². The summed E-state index contributed by atoms with van der Waals surface area (Å²) in [6.45, 7) is 1.77. The Hall–Kier alpha value is -2.71. The second kappa shape index (κ2) is 7.27. The predicted octanol–water partition coefficient (Wildman–Crippen LogP) is 3.43. The summed E-state index contributed by atoms with van der Waals surface area (Å²) in [7, 11) is -3.31. The van der Waals surface area contributed by atoms with E-state index >= 15 is 0 Å². The minimum absolute atomic E-state index is 0.267. The van der Waals surface area contributed by atoms with Crippen LogP contribution in [0.15, 0.2) is 59.0 Å². The average Bonchev–Trinajstić information content (AvgIpc) is 3.03. The van der Waals surface area contributed by atoms with Crippen molar-refractivity contribution in [3.05, 3.63) is 65.0 Å². The Morgan fingerprint density at radius 1 is 1.08 bits per heavy atom. The molecule has 0 aliphatic carbocycles. The van der Waals surface area contributed by atoms with Crippen molar-refractivity contribution in [1.29, 1.82) is 0 Å². The van der Waals surface area contributed by atoms with E-state index < -0.39 is 10.0 Å². The van der Waals surface area contributed by atoms with Gasteiger partial charge in [0.15, 0.2) is 0 Å². The molecule has 0 saturated carbocycles. The van der Waals surface area contributed by atoms with Crippen LogP contribution in [0.1, 0.15) is 22.8 Å². The number of rotatable bonds is 5. The first-order valence-electron chi connectivity index (χ1n) is 7.72. The highest BCUT2D eigenvalue weighted by atomic mass is 32.2. The van der Waals surface area contributed by atoms with Gasteiger partial charge in [-0.1, -0.05) is 30.3 Å². The molecule has 0 spiro atoms. The van der Waals surface area contributed by atoms with Crippen LogP contribution in [0.3, 0.4) is 0 Å². The molecule has 0 aliphatic rings. The topological polar surface area (TPSA) is 87.6 Å². The highest BCUT2D eigenvalue weighted by Gasteiger charge is 2.11. The van der Waals surface area contributed by atoms with Crippen molar-refractivity contribution in [2.75, 3.05) is 11.0 Å². The van der Waals surface area contributed by atoms with Gasteiger partial charge in [-0.25, -0.2) is 13.8 Å². The Labute approximate surface area is 155 Å². The number of carbonyl (C=O) groups is 1. The quantitative estimate of drug-likeness (QED) is 0.519. The number of hydrogen-bond acceptors (Lipinski definition) is 5. The standard InChI is InChI=1S/C18H17N3O3S2/c1-12(13-7-9-14(10-8-13)21-26(2,23)24)19-20-18(22)16-11-25-17-6-4-3-5-15(16)17/h3-11,21H,1-2H3,(H,20,22). The first-order valence-corrected chi connectivity index (χ1v) is 10.5. The molecule has 0 radical (unpaired) electrons. The van der Waals surface area contributed by atoms with Crippen molar-refractivity contribution in [3.63, 3.8) is 0 Å². The molecule has 0 unspecified atom stereocenters. The molecule has 8 heteroatoms. The second-order valence-electron chi connectivity index (χ2n) is 5.74. The van der Waals surface area contributed by atoms with Crippen LogP contribution in [0.5, 0.6) is 0 Å². The molecule has 26 heavy (non-hydrogen) atoms. The van der Waals surface area contributed by atoms with Gasteiger partial charge in [0.05, 0.1) is 17.5 Å². The molecule has 134 valence electrons. The Balaban J connectivity index is 1.72. The fourth-order valence-corrected chi connectivity index (χ4v) is 3.91. The normalized spacial score (nSPS) is 12.2. The van der Waals surface area contributed by atoms with Gasteiger partial charge in [-0.05, 0) is 30.7 Å². The van der Waals surface area contributed by atoms with Crippen molar-refractivity contribution in [1.82, 2.24) is 5.43 Å². The van der Waals surface area contributed by atoms with Gasteiger partial charge in [0.1, 0.15) is 0 Å². The number of amides is 1. The molecule has 0 aliphatic heterocycles. The van der Waals surface area contributed by atoms with Crippen molar-refractivity contribution >= 4 is 48.8 Å². The molecule has 1 heterocycles. The van der Waals surface area contributed by atoms with Gasteiger partial charge in [0.2, 0.25) is 10.0 Å². The lowest BCUT2D eigenvalue weighted by Crippen LogP contribution is -2.19. The minimum atomic E-state index is -3.31. The minimum Gasteiger partial charge on any atom is -0.284 e. The zero-order valence-electron chi connectivity index (χ0n) is 14.2. The summed E-state index contributed by atoms with van der Waals surface area (Å²) in [6, 6.07) is 14.5. The van der Waals surface area contributed by atoms with E-state index in [1.54, 1.807) is 31.2 Å². The molecule has 1 aromatic heterocycles. The maximum absolute atomic E-state index is 12.4. The molecule has 3 aromatic rings. The van der Waals surface area contributed by atoms with E-state index in [-0.39, 0.29) is 5.91 Å². The van der Waals surface area contributed by atoms with Crippen molar-refractivity contribution < 1.29 is 13.2 Å². The van der Waals surface area contributed by atoms with Crippen LogP contribution in [0.2, 0.25) is 0 Å². The molecule has 2 aromatic carbocycles. The van der Waals surface area contributed by atoms with Gasteiger partial charge < -0.3 is 0 Å². The maximum atomic E-state index is 12.4. The first kappa shape index (κ1) is 18.1. The number of sulfonamides is 1. The van der Waals surface area contributed by atoms with Crippen molar-refractivity contribution in [2.45, 2.75) is 6.92 Å². The molecular weight excluding hydrogens is 370 g/mol. The molecule has 0 atom stereocenters. The van der Waals surface area contributed by atoms with Gasteiger partial charge in [0.25, 0.3) is 5.91 Å². The highest BCUT2D eigenvalue weighted by Crippen LogP contribution is 2.25. The first-order chi connectivity index (χ1) is 12.3. The largest absolute Gasteiger partial charge is 0.284 e. The molecule has 0 fully saturated rings. The van der Waals surface area contributed by atoms with E-state index in [4.69, 9.17) is 0 Å². The van der Waals surface area contributed by atoms with Crippen LogP contribution < -0.4 is 10.1 Å². The summed E-state index contributed by atoms with van der Waals surface area (Å²) in [6.07, 6.45) is 1.09. The van der Waals surface area contributed by atoms with E-state index in [1.807, 2.05) is 29.6 Å². The summed E-state index contributed by atoms with van der Waals surface area (Å²) in [5.74, 6) is -0.267. The number of thiophene rings is 1. The lowest BCUT2D eigenvalue weighted by molar-refractivity contribution is 0.0957. The van der Waals surface area contributed by atoms with Crippen LogP contribution in [-0.2, 0) is 10.0 Å². The molecule has 0 saturated heterocycles. The number of hydrazone groups is 1. The number of nitrogens with zero attached hydrogens (tertiary/aromatic N) is 1. The van der Waals surface area contributed by atoms with Crippen LogP contribution >= 0.6 is 11.3 Å². The number of carbonyl (C=O) groups excluding carboxylic acids is 1. The zero-order valence-corrected chi connectivity index (χ0v) is 15.8. The number of hydrogen-bond donors (Lipinski definition) is 2. The van der Waals surface area contributed by atoms with Crippen LogP contribution in [0, 0.1) is 0 Å². The third kappa shape index (κ3) is 4.27. The lowest BCUT2D eigenvalue weighted by atomic mass is 10.1. The fourth-order valence-electron chi connectivity index (χ4n) is 2.41. The van der Waals surface area contributed by atoms with E-state index in [1.165, 1.54) is 11.3 Å². The second-order valence-corrected chi connectivity index (χ2v) is 8.39. The third-order valence-electron chi connectivity index (χ3n) is 3.66. The summed E-state index contributed by atoms with van der Waals surface area (Å²) >= 11 is 1.51. The maximum Gasteiger partial charge on any atom is 0.272 e. The average molecular weight is 387 g/mol. The number of nitrogens with one attached hydrogen (secondary N) is 2. The summed E-state index contributed by atoms with van der Waals surface area (Å²) in [5.41, 5.74) is 5.03. The number of anilines is 1. The molecule has 3 rings (SSSR count). The summed E-state index contributed by atoms with van der Waals surface area (Å²) in [5, 5.41) is 6.86. The monoisotopic (exact) mass is 387 g/mol. The number of fused-ring (bicyclic) bond motifs is 1. The smallest absolute Gasteiger partial charge is 0.272 e. The molecule has 2 N–H and O–H groups in total. The highest BCUT2D eigenvalue weighted by molar-refractivity contribution is 7.92. The third-order valence-corrected chi connectivity index (χ3v) is 5.23. The summed E-state index contributed by atoms with van der Waals surface area (Å²) in [4.78, 5) is 12.4. The zero-order chi connectivity index (χ0) is 18.7. The lowest BCUT2D eigenvalue weighted by Gasteiger charge is -2.06. The molecule has 6 nitrogen and oxygen atoms in total. The van der Waals surface area contributed by atoms with Gasteiger partial charge in [-0.15, -0.1) is 11.3 Å². The Morgan fingerprint density at radius 2 is 1.77 bits per heavy atom. The van der Waals surface area contributed by atoms with E-state index in [0.29, 0.717) is 17.0 Å². The van der Waals surface area contributed by atoms with E-state index in [9.17, 15) is 13.2 Å². The van der Waals surface area contributed by atoms with Gasteiger partial charge >= 0.3 is 0 Å². The SMILES string of the molecule is CC(=NNC(=O)c1csc2ccccc12)c1ccc(NS(C)(=O)=O)cc1. The van der Waals surface area contributed by atoms with Crippen LogP contribution in [0.25, 0.3) is 10.1 Å². The Bertz CT molecular complexity index is 1080. The Kier molecular flexibility index (Phi) is 5.06. The predicted molar refractivity (Wildman–Crippen MR) is 106 cm³/mol. The van der Waals surface area contributed by atoms with Crippen molar-refractivity contribution in [3.8, 4) is 0 Å². The fraction of sp³-hybridized carbons (Fsp3) is 0.111. The Morgan fingerprint density at radius 3 is 2.46 bits per heavy atom.